The summed E-state index contributed by atoms with van der Waals surface area (Å²) in [6.07, 6.45) is 1.57. The van der Waals surface area contributed by atoms with Gasteiger partial charge in [-0.2, -0.15) is 15.6 Å². The van der Waals surface area contributed by atoms with Crippen LogP contribution in [0.3, 0.4) is 0 Å². The Hall–Kier alpha value is -2.82. The quantitative estimate of drug-likeness (QED) is 0.590. The van der Waals surface area contributed by atoms with Gasteiger partial charge in [0.25, 0.3) is 5.56 Å². The van der Waals surface area contributed by atoms with E-state index in [-0.39, 0.29) is 34.5 Å². The fourth-order valence-electron chi connectivity index (χ4n) is 2.73. The Kier molecular flexibility index (Phi) is 6.20. The molecule has 0 aliphatic rings. The lowest BCUT2D eigenvalue weighted by molar-refractivity contribution is 0.421. The number of halogens is 2. The van der Waals surface area contributed by atoms with Crippen LogP contribution in [0.2, 0.25) is 0 Å². The van der Waals surface area contributed by atoms with Gasteiger partial charge in [0.15, 0.2) is 17.4 Å². The molecular weight excluding hydrogens is 416 g/mol. The Morgan fingerprint density at radius 1 is 1.17 bits per heavy atom. The molecule has 0 spiro atoms. The summed E-state index contributed by atoms with van der Waals surface area (Å²) >= 11 is 0. The maximum absolute atomic E-state index is 14.0. The fourth-order valence-corrected chi connectivity index (χ4v) is 3.48. The van der Waals surface area contributed by atoms with Gasteiger partial charge >= 0.3 is 0 Å². The number of rotatable bonds is 6. The van der Waals surface area contributed by atoms with Gasteiger partial charge in [0.2, 0.25) is 5.88 Å². The number of hydrogen-bond donors (Lipinski definition) is 2. The minimum absolute atomic E-state index is 0.0571. The highest BCUT2D eigenvalue weighted by Crippen LogP contribution is 2.41. The third kappa shape index (κ3) is 5.02. The first-order chi connectivity index (χ1) is 14.1. The first-order valence-corrected chi connectivity index (χ1v) is 10.9. The van der Waals surface area contributed by atoms with Crippen molar-refractivity contribution in [3.8, 4) is 22.9 Å². The zero-order chi connectivity index (χ0) is 22.1. The normalized spacial score (nSPS) is 12.1. The highest BCUT2D eigenvalue weighted by molar-refractivity contribution is 8.23. The van der Waals surface area contributed by atoms with Crippen molar-refractivity contribution < 1.29 is 22.6 Å². The fraction of sp³-hybridized carbons (Fsp3) is 0.250. The van der Waals surface area contributed by atoms with Crippen molar-refractivity contribution >= 4 is 10.6 Å². The number of hydrogen-bond acceptors (Lipinski definition) is 6. The van der Waals surface area contributed by atoms with Gasteiger partial charge in [-0.3, -0.25) is 13.9 Å². The summed E-state index contributed by atoms with van der Waals surface area (Å²) in [6.45, 7) is 3.29. The SMILES string of the molecule is CCS(O)(O)Cc1nc(Oc2ccc(F)cc2F)cc(-c2cc(C)c(=O)n(C)c2)n1. The molecule has 3 rings (SSSR count). The second-order valence-corrected chi connectivity index (χ2v) is 9.22. The molecule has 0 atom stereocenters. The number of benzene rings is 1. The van der Waals surface area contributed by atoms with Crippen molar-refractivity contribution in [2.75, 3.05) is 5.75 Å². The molecule has 2 N–H and O–H groups in total. The number of aryl methyl sites for hydroxylation is 2. The third-order valence-corrected chi connectivity index (χ3v) is 5.98. The van der Waals surface area contributed by atoms with Crippen LogP contribution in [0.25, 0.3) is 11.3 Å². The van der Waals surface area contributed by atoms with Gasteiger partial charge < -0.3 is 9.30 Å². The maximum atomic E-state index is 14.0. The second kappa shape index (κ2) is 8.50. The molecule has 10 heteroatoms. The van der Waals surface area contributed by atoms with Crippen LogP contribution in [0.4, 0.5) is 8.78 Å². The molecule has 1 aromatic carbocycles. The summed E-state index contributed by atoms with van der Waals surface area (Å²) in [5.41, 5.74) is 1.23. The molecule has 30 heavy (non-hydrogen) atoms. The largest absolute Gasteiger partial charge is 0.436 e. The molecule has 0 saturated heterocycles. The Balaban J connectivity index is 2.10. The van der Waals surface area contributed by atoms with E-state index in [1.807, 2.05) is 0 Å². The van der Waals surface area contributed by atoms with Crippen molar-refractivity contribution in [1.82, 2.24) is 14.5 Å². The maximum Gasteiger partial charge on any atom is 0.253 e. The van der Waals surface area contributed by atoms with E-state index < -0.39 is 22.2 Å². The molecule has 3 aromatic rings. The molecule has 0 bridgehead atoms. The lowest BCUT2D eigenvalue weighted by Gasteiger charge is -2.29. The predicted molar refractivity (Wildman–Crippen MR) is 111 cm³/mol. The van der Waals surface area contributed by atoms with E-state index in [1.165, 1.54) is 10.6 Å². The van der Waals surface area contributed by atoms with Gasteiger partial charge in [-0.25, -0.2) is 13.8 Å². The van der Waals surface area contributed by atoms with E-state index in [2.05, 4.69) is 9.97 Å². The zero-order valence-electron chi connectivity index (χ0n) is 16.6. The molecule has 2 aromatic heterocycles. The molecule has 0 unspecified atom stereocenters. The smallest absolute Gasteiger partial charge is 0.253 e. The zero-order valence-corrected chi connectivity index (χ0v) is 17.4. The van der Waals surface area contributed by atoms with E-state index >= 15 is 0 Å². The molecule has 0 aliphatic heterocycles. The van der Waals surface area contributed by atoms with Crippen LogP contribution in [-0.2, 0) is 12.8 Å². The Labute approximate surface area is 173 Å². The molecule has 0 aliphatic carbocycles. The molecule has 0 fully saturated rings. The van der Waals surface area contributed by atoms with Gasteiger partial charge in [-0.1, -0.05) is 0 Å². The first-order valence-electron chi connectivity index (χ1n) is 9.00. The van der Waals surface area contributed by atoms with Crippen molar-refractivity contribution in [2.24, 2.45) is 7.05 Å². The summed E-state index contributed by atoms with van der Waals surface area (Å²) in [4.78, 5) is 20.5. The van der Waals surface area contributed by atoms with Crippen LogP contribution in [0.5, 0.6) is 11.6 Å². The monoisotopic (exact) mass is 437 g/mol. The van der Waals surface area contributed by atoms with Crippen LogP contribution in [0.1, 0.15) is 18.3 Å². The molecule has 0 radical (unpaired) electrons. The van der Waals surface area contributed by atoms with Crippen molar-refractivity contribution in [2.45, 2.75) is 19.6 Å². The van der Waals surface area contributed by atoms with E-state index in [0.717, 1.165) is 12.1 Å². The van der Waals surface area contributed by atoms with Crippen LogP contribution < -0.4 is 10.3 Å². The van der Waals surface area contributed by atoms with Crippen LogP contribution >= 0.6 is 10.6 Å². The van der Waals surface area contributed by atoms with Crippen LogP contribution in [-0.4, -0.2) is 29.4 Å². The second-order valence-electron chi connectivity index (χ2n) is 6.75. The molecule has 0 amide bonds. The number of ether oxygens (including phenoxy) is 1. The summed E-state index contributed by atoms with van der Waals surface area (Å²) in [7, 11) is -1.36. The summed E-state index contributed by atoms with van der Waals surface area (Å²) < 4.78 is 54.2. The molecule has 160 valence electrons. The van der Waals surface area contributed by atoms with Crippen molar-refractivity contribution in [3.63, 3.8) is 0 Å². The van der Waals surface area contributed by atoms with Crippen molar-refractivity contribution in [1.29, 1.82) is 0 Å². The number of nitrogens with zero attached hydrogens (tertiary/aromatic N) is 3. The van der Waals surface area contributed by atoms with Crippen molar-refractivity contribution in [3.05, 3.63) is 69.9 Å². The average molecular weight is 437 g/mol. The first kappa shape index (κ1) is 21.9. The molecule has 7 nitrogen and oxygen atoms in total. The van der Waals surface area contributed by atoms with Gasteiger partial charge in [0, 0.05) is 42.3 Å². The molecule has 0 saturated carbocycles. The van der Waals surface area contributed by atoms with E-state index in [4.69, 9.17) is 4.74 Å². The minimum atomic E-state index is -2.96. The topological polar surface area (TPSA) is 97.5 Å². The lowest BCUT2D eigenvalue weighted by atomic mass is 10.1. The standard InChI is InChI=1S/C20H21F2N3O4S/c1-4-30(27,28)11-18-23-16(13-7-12(2)20(26)25(3)10-13)9-19(24-18)29-17-6-5-14(21)8-15(17)22/h5-10,27-28H,4,11H2,1-3H3. The number of aromatic nitrogens is 3. The van der Waals surface area contributed by atoms with Gasteiger partial charge in [-0.15, -0.1) is 0 Å². The van der Waals surface area contributed by atoms with E-state index in [0.29, 0.717) is 22.9 Å². The summed E-state index contributed by atoms with van der Waals surface area (Å²) in [5, 5.41) is 0. The summed E-state index contributed by atoms with van der Waals surface area (Å²) in [6, 6.07) is 5.92. The highest BCUT2D eigenvalue weighted by atomic mass is 32.3. The van der Waals surface area contributed by atoms with E-state index in [1.54, 1.807) is 33.2 Å². The Morgan fingerprint density at radius 3 is 2.53 bits per heavy atom. The van der Waals surface area contributed by atoms with E-state index in [9.17, 15) is 22.7 Å². The van der Waals surface area contributed by atoms with Gasteiger partial charge in [0.1, 0.15) is 5.82 Å². The Morgan fingerprint density at radius 2 is 1.90 bits per heavy atom. The lowest BCUT2D eigenvalue weighted by Crippen LogP contribution is -2.18. The van der Waals surface area contributed by atoms with Gasteiger partial charge in [0.05, 0.1) is 11.4 Å². The highest BCUT2D eigenvalue weighted by Gasteiger charge is 2.17. The predicted octanol–water partition coefficient (Wildman–Crippen LogP) is 4.49. The Bertz CT molecular complexity index is 1130. The summed E-state index contributed by atoms with van der Waals surface area (Å²) in [5.74, 6) is -1.98. The minimum Gasteiger partial charge on any atom is -0.436 e. The molecule has 2 heterocycles. The molecular formula is C20H21F2N3O4S. The van der Waals surface area contributed by atoms with Crippen LogP contribution in [0, 0.1) is 18.6 Å². The van der Waals surface area contributed by atoms with Crippen LogP contribution in [0.15, 0.2) is 41.3 Å². The number of pyridine rings is 1. The third-order valence-electron chi connectivity index (χ3n) is 4.34. The average Bonchev–Trinajstić information content (AvgIpc) is 2.67. The van der Waals surface area contributed by atoms with Gasteiger partial charge in [-0.05, 0) is 32.0 Å².